The van der Waals surface area contributed by atoms with E-state index >= 15 is 0 Å². The summed E-state index contributed by atoms with van der Waals surface area (Å²) >= 11 is 0. The molecule has 2 heterocycles. The number of hydrogen-bond donors (Lipinski definition) is 2. The van der Waals surface area contributed by atoms with Crippen molar-refractivity contribution in [2.45, 2.75) is 57.3 Å². The summed E-state index contributed by atoms with van der Waals surface area (Å²) in [5.41, 5.74) is -1.15. The molecular formula is C16H19F3N4O2. The monoisotopic (exact) mass is 356 g/mol. The lowest BCUT2D eigenvalue weighted by Gasteiger charge is -2.29. The van der Waals surface area contributed by atoms with Gasteiger partial charge in [-0.05, 0) is 45.2 Å². The Labute approximate surface area is 142 Å². The molecular weight excluding hydrogens is 337 g/mol. The van der Waals surface area contributed by atoms with Gasteiger partial charge in [-0.3, -0.25) is 14.7 Å². The zero-order valence-electron chi connectivity index (χ0n) is 13.9. The molecule has 1 fully saturated rings. The summed E-state index contributed by atoms with van der Waals surface area (Å²) in [4.78, 5) is 20.8. The van der Waals surface area contributed by atoms with E-state index in [4.69, 9.17) is 0 Å². The number of amides is 1. The zero-order valence-corrected chi connectivity index (χ0v) is 13.9. The summed E-state index contributed by atoms with van der Waals surface area (Å²) in [6, 6.07) is 3.65. The van der Waals surface area contributed by atoms with E-state index in [0.717, 1.165) is 25.0 Å². The molecule has 2 aromatic heterocycles. The maximum Gasteiger partial charge on any atom is 0.417 e. The predicted octanol–water partition coefficient (Wildman–Crippen LogP) is 3.11. The molecule has 1 amide bonds. The molecule has 1 aliphatic carbocycles. The number of rotatable bonds is 4. The van der Waals surface area contributed by atoms with Crippen LogP contribution in [0.25, 0.3) is 11.2 Å². The van der Waals surface area contributed by atoms with Crippen molar-refractivity contribution in [1.29, 1.82) is 0 Å². The van der Waals surface area contributed by atoms with Crippen molar-refractivity contribution in [2.75, 3.05) is 5.32 Å². The van der Waals surface area contributed by atoms with E-state index in [9.17, 15) is 23.1 Å². The van der Waals surface area contributed by atoms with Crippen molar-refractivity contribution in [1.82, 2.24) is 14.5 Å². The van der Waals surface area contributed by atoms with E-state index in [0.29, 0.717) is 18.1 Å². The van der Waals surface area contributed by atoms with Gasteiger partial charge in [-0.1, -0.05) is 0 Å². The number of imidazole rings is 1. The molecule has 0 spiro atoms. The van der Waals surface area contributed by atoms with Gasteiger partial charge >= 0.3 is 6.18 Å². The standard InChI is InChI=1S/C16H19F3N4O2/c1-9-6-7-11-13(20-9)23(10-4-3-5-10)14(21-11)22-12(24)8-15(2,25)16(17,18)19/h6-7,10,25H,3-5,8H2,1-2H3,(H,21,22,24). The second-order valence-corrected chi connectivity index (χ2v) is 6.68. The van der Waals surface area contributed by atoms with Gasteiger partial charge in [-0.25, -0.2) is 9.97 Å². The molecule has 9 heteroatoms. The first-order valence-corrected chi connectivity index (χ1v) is 8.03. The minimum absolute atomic E-state index is 0.109. The van der Waals surface area contributed by atoms with Gasteiger partial charge in [0, 0.05) is 11.7 Å². The largest absolute Gasteiger partial charge is 0.417 e. The molecule has 0 aliphatic heterocycles. The van der Waals surface area contributed by atoms with Crippen molar-refractivity contribution >= 4 is 23.0 Å². The smallest absolute Gasteiger partial charge is 0.380 e. The Morgan fingerprint density at radius 1 is 1.36 bits per heavy atom. The molecule has 0 radical (unpaired) electrons. The fourth-order valence-corrected chi connectivity index (χ4v) is 2.73. The average Bonchev–Trinajstić information content (AvgIpc) is 2.73. The number of hydrogen-bond acceptors (Lipinski definition) is 4. The Bertz CT molecular complexity index is 810. The first kappa shape index (κ1) is 17.7. The minimum Gasteiger partial charge on any atom is -0.380 e. The number of carbonyl (C=O) groups is 1. The van der Waals surface area contributed by atoms with Gasteiger partial charge in [0.05, 0.1) is 6.42 Å². The van der Waals surface area contributed by atoms with Crippen molar-refractivity contribution in [3.63, 3.8) is 0 Å². The fourth-order valence-electron chi connectivity index (χ4n) is 2.73. The quantitative estimate of drug-likeness (QED) is 0.882. The molecule has 1 unspecified atom stereocenters. The number of carbonyl (C=O) groups excluding carboxylic acids is 1. The number of fused-ring (bicyclic) bond motifs is 1. The summed E-state index contributed by atoms with van der Waals surface area (Å²) in [5, 5.41) is 11.9. The molecule has 3 rings (SSSR count). The van der Waals surface area contributed by atoms with Gasteiger partial charge in [0.1, 0.15) is 5.52 Å². The van der Waals surface area contributed by atoms with Gasteiger partial charge in [0.25, 0.3) is 0 Å². The number of halogens is 3. The Kier molecular flexibility index (Phi) is 4.22. The van der Waals surface area contributed by atoms with E-state index in [1.165, 1.54) is 0 Å². The van der Waals surface area contributed by atoms with Crippen LogP contribution in [-0.4, -0.2) is 37.3 Å². The second-order valence-electron chi connectivity index (χ2n) is 6.68. The van der Waals surface area contributed by atoms with E-state index in [1.807, 2.05) is 6.92 Å². The number of alkyl halides is 3. The Hall–Kier alpha value is -2.16. The zero-order chi connectivity index (χ0) is 18.4. The maximum absolute atomic E-state index is 12.8. The van der Waals surface area contributed by atoms with Crippen molar-refractivity contribution in [3.05, 3.63) is 17.8 Å². The van der Waals surface area contributed by atoms with Crippen LogP contribution >= 0.6 is 0 Å². The molecule has 0 saturated heterocycles. The van der Waals surface area contributed by atoms with Gasteiger partial charge in [0.15, 0.2) is 11.2 Å². The predicted molar refractivity (Wildman–Crippen MR) is 85.1 cm³/mol. The minimum atomic E-state index is -4.89. The third kappa shape index (κ3) is 3.33. The van der Waals surface area contributed by atoms with Crippen LogP contribution in [0.3, 0.4) is 0 Å². The van der Waals surface area contributed by atoms with Crippen LogP contribution in [-0.2, 0) is 4.79 Å². The molecule has 1 atom stereocenters. The highest BCUT2D eigenvalue weighted by atomic mass is 19.4. The summed E-state index contributed by atoms with van der Waals surface area (Å²) in [5.74, 6) is -0.782. The lowest BCUT2D eigenvalue weighted by Crippen LogP contribution is -2.45. The highest BCUT2D eigenvalue weighted by Gasteiger charge is 2.51. The molecule has 2 N–H and O–H groups in total. The molecule has 6 nitrogen and oxygen atoms in total. The van der Waals surface area contributed by atoms with Crippen molar-refractivity contribution in [2.24, 2.45) is 0 Å². The Morgan fingerprint density at radius 3 is 2.60 bits per heavy atom. The highest BCUT2D eigenvalue weighted by molar-refractivity contribution is 5.91. The summed E-state index contributed by atoms with van der Waals surface area (Å²) < 4.78 is 40.0. The number of aryl methyl sites for hydroxylation is 1. The molecule has 25 heavy (non-hydrogen) atoms. The van der Waals surface area contributed by atoms with Crippen molar-refractivity contribution < 1.29 is 23.1 Å². The van der Waals surface area contributed by atoms with Gasteiger partial charge in [-0.15, -0.1) is 0 Å². The average molecular weight is 356 g/mol. The van der Waals surface area contributed by atoms with Crippen LogP contribution in [0, 0.1) is 6.92 Å². The lowest BCUT2D eigenvalue weighted by atomic mass is 9.93. The lowest BCUT2D eigenvalue weighted by molar-refractivity contribution is -0.252. The second kappa shape index (κ2) is 5.98. The summed E-state index contributed by atoms with van der Waals surface area (Å²) in [6.07, 6.45) is -3.17. The highest BCUT2D eigenvalue weighted by Crippen LogP contribution is 2.37. The third-order valence-corrected chi connectivity index (χ3v) is 4.48. The maximum atomic E-state index is 12.8. The number of pyridine rings is 1. The van der Waals surface area contributed by atoms with E-state index in [-0.39, 0.29) is 12.0 Å². The molecule has 2 aromatic rings. The number of anilines is 1. The molecule has 0 bridgehead atoms. The van der Waals surface area contributed by atoms with Crippen LogP contribution in [0.2, 0.25) is 0 Å². The van der Waals surface area contributed by atoms with Gasteiger partial charge in [0.2, 0.25) is 11.9 Å². The molecule has 1 saturated carbocycles. The molecule has 1 aliphatic rings. The Morgan fingerprint density at radius 2 is 2.04 bits per heavy atom. The first-order valence-electron chi connectivity index (χ1n) is 8.03. The summed E-state index contributed by atoms with van der Waals surface area (Å²) in [7, 11) is 0. The fraction of sp³-hybridized carbons (Fsp3) is 0.562. The number of aromatic nitrogens is 3. The van der Waals surface area contributed by atoms with Gasteiger partial charge < -0.3 is 5.11 Å². The number of aliphatic hydroxyl groups is 1. The van der Waals surface area contributed by atoms with Gasteiger partial charge in [-0.2, -0.15) is 13.2 Å². The molecule has 0 aromatic carbocycles. The first-order chi connectivity index (χ1) is 11.6. The Balaban J connectivity index is 1.89. The number of nitrogens with zero attached hydrogens (tertiary/aromatic N) is 3. The van der Waals surface area contributed by atoms with Crippen molar-refractivity contribution in [3.8, 4) is 0 Å². The van der Waals surface area contributed by atoms with E-state index in [2.05, 4.69) is 15.3 Å². The molecule has 136 valence electrons. The van der Waals surface area contributed by atoms with Crippen LogP contribution in [0.5, 0.6) is 0 Å². The van der Waals surface area contributed by atoms with Crippen LogP contribution in [0.1, 0.15) is 44.3 Å². The number of nitrogens with one attached hydrogen (secondary N) is 1. The van der Waals surface area contributed by atoms with Crippen LogP contribution < -0.4 is 5.32 Å². The SMILES string of the molecule is Cc1ccc2nc(NC(=O)CC(C)(O)C(F)(F)F)n(C3CCC3)c2n1. The van der Waals surface area contributed by atoms with E-state index < -0.39 is 24.1 Å². The van der Waals surface area contributed by atoms with Crippen LogP contribution in [0.4, 0.5) is 19.1 Å². The van der Waals surface area contributed by atoms with Crippen LogP contribution in [0.15, 0.2) is 12.1 Å². The summed E-state index contributed by atoms with van der Waals surface area (Å²) in [6.45, 7) is 2.41. The topological polar surface area (TPSA) is 80.0 Å². The normalized spacial score (nSPS) is 18.0. The third-order valence-electron chi connectivity index (χ3n) is 4.48. The van der Waals surface area contributed by atoms with E-state index in [1.54, 1.807) is 16.7 Å².